The maximum absolute atomic E-state index is 13.7. The van der Waals surface area contributed by atoms with E-state index in [1.807, 2.05) is 0 Å². The van der Waals surface area contributed by atoms with Crippen molar-refractivity contribution in [2.24, 2.45) is 0 Å². The molecule has 0 aromatic heterocycles. The van der Waals surface area contributed by atoms with Gasteiger partial charge < -0.3 is 10.2 Å². The second-order valence-corrected chi connectivity index (χ2v) is 10.1. The molecule has 2 aromatic carbocycles. The molecule has 1 saturated heterocycles. The average molecular weight is 523 g/mol. The van der Waals surface area contributed by atoms with E-state index in [0.29, 0.717) is 11.0 Å². The summed E-state index contributed by atoms with van der Waals surface area (Å²) >= 11 is 9.37. The summed E-state index contributed by atoms with van der Waals surface area (Å²) in [6.45, 7) is 1.91. The van der Waals surface area contributed by atoms with Crippen molar-refractivity contribution in [1.29, 1.82) is 5.26 Å². The first-order valence-electron chi connectivity index (χ1n) is 8.77. The fraction of sp³-hybridized carbons (Fsp3) is 0.316. The Morgan fingerprint density at radius 1 is 1.27 bits per heavy atom. The summed E-state index contributed by atoms with van der Waals surface area (Å²) in [6.07, 6.45) is -4.76. The van der Waals surface area contributed by atoms with E-state index in [2.05, 4.69) is 21.2 Å². The van der Waals surface area contributed by atoms with Crippen molar-refractivity contribution in [2.75, 3.05) is 18.0 Å². The van der Waals surface area contributed by atoms with Crippen LogP contribution in [0.3, 0.4) is 0 Å². The molecule has 30 heavy (non-hydrogen) atoms. The maximum atomic E-state index is 13.7. The molecule has 3 rings (SSSR count). The predicted molar refractivity (Wildman–Crippen MR) is 111 cm³/mol. The van der Waals surface area contributed by atoms with Crippen LogP contribution in [0.4, 0.5) is 18.9 Å². The molecule has 2 aromatic rings. The van der Waals surface area contributed by atoms with Gasteiger partial charge in [-0.05, 0) is 43.3 Å². The summed E-state index contributed by atoms with van der Waals surface area (Å²) in [4.78, 5) is 1.05. The Morgan fingerprint density at radius 3 is 2.57 bits per heavy atom. The number of nitriles is 1. The van der Waals surface area contributed by atoms with E-state index in [1.54, 1.807) is 13.0 Å². The lowest BCUT2D eigenvalue weighted by atomic mass is 10.1. The van der Waals surface area contributed by atoms with Crippen LogP contribution in [0.25, 0.3) is 0 Å². The van der Waals surface area contributed by atoms with Crippen molar-refractivity contribution in [3.63, 3.8) is 0 Å². The second kappa shape index (κ2) is 8.38. The van der Waals surface area contributed by atoms with Crippen LogP contribution in [-0.2, 0) is 16.0 Å². The summed E-state index contributed by atoms with van der Waals surface area (Å²) in [5, 5.41) is 10.6. The van der Waals surface area contributed by atoms with E-state index in [4.69, 9.17) is 16.9 Å². The van der Waals surface area contributed by atoms with Crippen LogP contribution in [0.5, 0.6) is 0 Å². The highest BCUT2D eigenvalue weighted by Gasteiger charge is 2.44. The molecular formula is C19H16BrClF3N3O2S. The van der Waals surface area contributed by atoms with Crippen molar-refractivity contribution in [3.05, 3.63) is 57.0 Å². The molecule has 5 nitrogen and oxygen atoms in total. The van der Waals surface area contributed by atoms with E-state index >= 15 is 0 Å². The van der Waals surface area contributed by atoms with E-state index in [1.165, 1.54) is 29.2 Å². The summed E-state index contributed by atoms with van der Waals surface area (Å²) in [5.74, 6) is 0. The first kappa shape index (κ1) is 22.9. The number of benzene rings is 2. The number of sulfone groups is 1. The molecule has 2 atom stereocenters. The van der Waals surface area contributed by atoms with Crippen LogP contribution < -0.4 is 10.2 Å². The number of nitrogens with zero attached hydrogens (tertiary/aromatic N) is 2. The zero-order valence-electron chi connectivity index (χ0n) is 15.5. The van der Waals surface area contributed by atoms with Crippen LogP contribution in [0, 0.1) is 11.3 Å². The smallest absolute Gasteiger partial charge is 0.352 e. The minimum atomic E-state index is -4.76. The van der Waals surface area contributed by atoms with E-state index in [-0.39, 0.29) is 27.7 Å². The van der Waals surface area contributed by atoms with Gasteiger partial charge in [-0.1, -0.05) is 27.5 Å². The molecule has 0 saturated carbocycles. The van der Waals surface area contributed by atoms with Crippen molar-refractivity contribution in [1.82, 2.24) is 5.32 Å². The maximum Gasteiger partial charge on any atom is 0.418 e. The Bertz CT molecular complexity index is 1120. The molecule has 0 radical (unpaired) electrons. The number of rotatable bonds is 3. The fourth-order valence-corrected chi connectivity index (χ4v) is 6.56. The van der Waals surface area contributed by atoms with E-state index in [9.17, 15) is 21.6 Å². The molecular weight excluding hydrogens is 507 g/mol. The summed E-state index contributed by atoms with van der Waals surface area (Å²) in [6, 6.07) is 8.38. The summed E-state index contributed by atoms with van der Waals surface area (Å²) in [5.41, 5.74) is -1.51. The highest BCUT2D eigenvalue weighted by atomic mass is 79.9. The molecule has 160 valence electrons. The molecule has 1 heterocycles. The Labute approximate surface area is 185 Å². The normalized spacial score (nSPS) is 20.1. The number of halogens is 5. The predicted octanol–water partition coefficient (Wildman–Crippen LogP) is 4.59. The lowest BCUT2D eigenvalue weighted by Gasteiger charge is -2.42. The van der Waals surface area contributed by atoms with Crippen LogP contribution in [0.15, 0.2) is 45.8 Å². The fourth-order valence-electron chi connectivity index (χ4n) is 3.52. The molecule has 1 fully saturated rings. The van der Waals surface area contributed by atoms with Crippen LogP contribution in [-0.4, -0.2) is 32.9 Å². The Balaban J connectivity index is 2.19. The number of piperazine rings is 1. The Kier molecular flexibility index (Phi) is 6.39. The molecule has 1 unspecified atom stereocenters. The molecule has 1 aliphatic rings. The number of alkyl halides is 3. The SMILES string of the molecule is C[C@H]1NCCN(c2ccc(C#N)cc2C(F)(F)F)C1S(=O)(=O)c1ccc(Br)cc1Cl. The van der Waals surface area contributed by atoms with Gasteiger partial charge in [0.15, 0.2) is 5.37 Å². The number of hydrogen-bond acceptors (Lipinski definition) is 5. The minimum absolute atomic E-state index is 0.0252. The first-order valence-corrected chi connectivity index (χ1v) is 11.5. The van der Waals surface area contributed by atoms with Gasteiger partial charge in [0, 0.05) is 23.6 Å². The average Bonchev–Trinajstić information content (AvgIpc) is 2.66. The van der Waals surface area contributed by atoms with Gasteiger partial charge in [-0.25, -0.2) is 8.42 Å². The monoisotopic (exact) mass is 521 g/mol. The highest BCUT2D eigenvalue weighted by Crippen LogP contribution is 2.40. The molecule has 0 amide bonds. The third-order valence-electron chi connectivity index (χ3n) is 4.81. The van der Waals surface area contributed by atoms with Gasteiger partial charge in [-0.2, -0.15) is 18.4 Å². The number of anilines is 1. The van der Waals surface area contributed by atoms with E-state index < -0.39 is 33.0 Å². The van der Waals surface area contributed by atoms with Gasteiger partial charge in [0.1, 0.15) is 0 Å². The van der Waals surface area contributed by atoms with Gasteiger partial charge in [-0.15, -0.1) is 0 Å². The largest absolute Gasteiger partial charge is 0.418 e. The third-order valence-corrected chi connectivity index (χ3v) is 8.00. The molecule has 1 N–H and O–H groups in total. The quantitative estimate of drug-likeness (QED) is 0.638. The van der Waals surface area contributed by atoms with Gasteiger partial charge in [-0.3, -0.25) is 0 Å². The number of nitrogens with one attached hydrogen (secondary N) is 1. The third kappa shape index (κ3) is 4.30. The molecule has 0 bridgehead atoms. The standard InChI is InChI=1S/C19H16BrClF3N3O2S/c1-11-18(30(28,29)17-5-3-13(20)9-15(17)21)27(7-6-26-11)16-4-2-12(10-25)8-14(16)19(22,23)24/h2-5,8-9,11,18,26H,6-7H2,1H3/t11-,18?/m1/s1. The zero-order valence-corrected chi connectivity index (χ0v) is 18.7. The summed E-state index contributed by atoms with van der Waals surface area (Å²) in [7, 11) is -4.16. The van der Waals surface area contributed by atoms with Crippen molar-refractivity contribution in [2.45, 2.75) is 29.4 Å². The Morgan fingerprint density at radius 2 is 1.97 bits per heavy atom. The molecule has 1 aliphatic heterocycles. The Hall–Kier alpha value is -1.80. The summed E-state index contributed by atoms with van der Waals surface area (Å²) < 4.78 is 68.8. The lowest BCUT2D eigenvalue weighted by Crippen LogP contribution is -2.60. The number of hydrogen-bond donors (Lipinski definition) is 1. The van der Waals surface area contributed by atoms with Crippen LogP contribution in [0.2, 0.25) is 5.02 Å². The molecule has 0 aliphatic carbocycles. The zero-order chi connectivity index (χ0) is 22.3. The van der Waals surface area contributed by atoms with Gasteiger partial charge in [0.2, 0.25) is 9.84 Å². The van der Waals surface area contributed by atoms with Gasteiger partial charge >= 0.3 is 6.18 Å². The highest BCUT2D eigenvalue weighted by molar-refractivity contribution is 9.10. The van der Waals surface area contributed by atoms with Crippen LogP contribution >= 0.6 is 27.5 Å². The van der Waals surface area contributed by atoms with Gasteiger partial charge in [0.05, 0.1) is 32.8 Å². The van der Waals surface area contributed by atoms with Crippen molar-refractivity contribution >= 4 is 43.1 Å². The van der Waals surface area contributed by atoms with Crippen molar-refractivity contribution in [3.8, 4) is 6.07 Å². The van der Waals surface area contributed by atoms with E-state index in [0.717, 1.165) is 12.1 Å². The van der Waals surface area contributed by atoms with Gasteiger partial charge in [0.25, 0.3) is 0 Å². The van der Waals surface area contributed by atoms with Crippen molar-refractivity contribution < 1.29 is 21.6 Å². The topological polar surface area (TPSA) is 73.2 Å². The molecule has 0 spiro atoms. The second-order valence-electron chi connectivity index (χ2n) is 6.79. The molecule has 11 heteroatoms. The lowest BCUT2D eigenvalue weighted by molar-refractivity contribution is -0.137. The minimum Gasteiger partial charge on any atom is -0.352 e. The first-order chi connectivity index (χ1) is 14.0. The van der Waals surface area contributed by atoms with Crippen LogP contribution in [0.1, 0.15) is 18.1 Å².